The maximum absolute atomic E-state index is 13.1. The minimum Gasteiger partial charge on any atom is -0.306 e. The molecule has 27 heavy (non-hydrogen) atoms. The summed E-state index contributed by atoms with van der Waals surface area (Å²) >= 11 is 6.05. The molecule has 2 heterocycles. The van der Waals surface area contributed by atoms with Gasteiger partial charge in [0.25, 0.3) is 5.91 Å². The molecule has 1 amide bonds. The fraction of sp³-hybridized carbons (Fsp3) is 0.368. The zero-order valence-corrected chi connectivity index (χ0v) is 16.5. The van der Waals surface area contributed by atoms with Gasteiger partial charge in [0.2, 0.25) is 10.0 Å². The van der Waals surface area contributed by atoms with Crippen molar-refractivity contribution in [2.45, 2.75) is 31.7 Å². The molecule has 0 spiro atoms. The minimum absolute atomic E-state index is 0.0682. The second-order valence-electron chi connectivity index (χ2n) is 7.07. The number of hydrogen-bond donors (Lipinski definition) is 1. The molecule has 1 N–H and O–H groups in total. The predicted molar refractivity (Wildman–Crippen MR) is 105 cm³/mol. The number of hydrogen-bond acceptors (Lipinski definition) is 4. The highest BCUT2D eigenvalue weighted by Crippen LogP contribution is 2.37. The number of halogens is 1. The predicted octanol–water partition coefficient (Wildman–Crippen LogP) is 2.86. The van der Waals surface area contributed by atoms with Crippen LogP contribution >= 0.6 is 11.6 Å². The molecule has 2 aromatic rings. The van der Waals surface area contributed by atoms with Crippen LogP contribution in [0.5, 0.6) is 0 Å². The molecule has 0 saturated carbocycles. The molecule has 4 rings (SSSR count). The quantitative estimate of drug-likeness (QED) is 0.851. The lowest BCUT2D eigenvalue weighted by Crippen LogP contribution is -2.39. The zero-order chi connectivity index (χ0) is 19.2. The SMILES string of the molecule is CS(=O)(=O)N[C@@H]1CCCc2c1cncc2N1CCc2cc(Cl)ccc2C1=O. The van der Waals surface area contributed by atoms with E-state index in [9.17, 15) is 13.2 Å². The van der Waals surface area contributed by atoms with Gasteiger partial charge in [-0.15, -0.1) is 0 Å². The second-order valence-corrected chi connectivity index (χ2v) is 9.29. The van der Waals surface area contributed by atoms with Crippen LogP contribution in [0.4, 0.5) is 5.69 Å². The van der Waals surface area contributed by atoms with Gasteiger partial charge in [-0.1, -0.05) is 11.6 Å². The molecule has 1 aromatic heterocycles. The topological polar surface area (TPSA) is 79.4 Å². The van der Waals surface area contributed by atoms with Gasteiger partial charge in [-0.25, -0.2) is 13.1 Å². The summed E-state index contributed by atoms with van der Waals surface area (Å²) in [5.41, 5.74) is 4.25. The second kappa shape index (κ2) is 6.89. The van der Waals surface area contributed by atoms with Gasteiger partial charge in [0.1, 0.15) is 0 Å². The fourth-order valence-corrected chi connectivity index (χ4v) is 4.96. The van der Waals surface area contributed by atoms with Crippen molar-refractivity contribution in [3.63, 3.8) is 0 Å². The lowest BCUT2D eigenvalue weighted by molar-refractivity contribution is 0.0980. The Morgan fingerprint density at radius 1 is 1.26 bits per heavy atom. The van der Waals surface area contributed by atoms with E-state index < -0.39 is 10.0 Å². The molecule has 1 aliphatic heterocycles. The first kappa shape index (κ1) is 18.4. The number of fused-ring (bicyclic) bond motifs is 2. The van der Waals surface area contributed by atoms with E-state index in [0.29, 0.717) is 17.1 Å². The highest BCUT2D eigenvalue weighted by Gasteiger charge is 2.31. The van der Waals surface area contributed by atoms with Crippen LogP contribution < -0.4 is 9.62 Å². The largest absolute Gasteiger partial charge is 0.306 e. The Balaban J connectivity index is 1.73. The van der Waals surface area contributed by atoms with Crippen LogP contribution in [-0.4, -0.2) is 32.1 Å². The van der Waals surface area contributed by atoms with Crippen molar-refractivity contribution in [1.29, 1.82) is 0 Å². The number of nitrogens with zero attached hydrogens (tertiary/aromatic N) is 2. The third kappa shape index (κ3) is 3.59. The van der Waals surface area contributed by atoms with Crippen LogP contribution in [0.25, 0.3) is 0 Å². The van der Waals surface area contributed by atoms with Gasteiger partial charge in [-0.2, -0.15) is 0 Å². The van der Waals surface area contributed by atoms with E-state index >= 15 is 0 Å². The van der Waals surface area contributed by atoms with E-state index in [2.05, 4.69) is 9.71 Å². The molecule has 0 saturated heterocycles. The summed E-state index contributed by atoms with van der Waals surface area (Å²) < 4.78 is 26.1. The summed E-state index contributed by atoms with van der Waals surface area (Å²) in [5, 5.41) is 0.628. The smallest absolute Gasteiger partial charge is 0.258 e. The van der Waals surface area contributed by atoms with Gasteiger partial charge in [0.15, 0.2) is 0 Å². The molecule has 1 aromatic carbocycles. The van der Waals surface area contributed by atoms with E-state index in [1.807, 2.05) is 6.07 Å². The summed E-state index contributed by atoms with van der Waals surface area (Å²) in [6.07, 6.45) is 7.67. The van der Waals surface area contributed by atoms with Crippen molar-refractivity contribution < 1.29 is 13.2 Å². The molecule has 0 fully saturated rings. The molecule has 2 aliphatic rings. The molecule has 1 atom stereocenters. The lowest BCUT2D eigenvalue weighted by Gasteiger charge is -2.33. The molecule has 142 valence electrons. The van der Waals surface area contributed by atoms with E-state index in [4.69, 9.17) is 11.6 Å². The van der Waals surface area contributed by atoms with Gasteiger partial charge >= 0.3 is 0 Å². The number of anilines is 1. The monoisotopic (exact) mass is 405 g/mol. The van der Waals surface area contributed by atoms with Gasteiger partial charge < -0.3 is 4.90 Å². The maximum Gasteiger partial charge on any atom is 0.258 e. The molecule has 0 radical (unpaired) electrons. The third-order valence-electron chi connectivity index (χ3n) is 5.16. The number of pyridine rings is 1. The molecule has 1 aliphatic carbocycles. The molecule has 0 bridgehead atoms. The van der Waals surface area contributed by atoms with Crippen molar-refractivity contribution in [2.24, 2.45) is 0 Å². The summed E-state index contributed by atoms with van der Waals surface area (Å²) in [6.45, 7) is 0.550. The van der Waals surface area contributed by atoms with E-state index in [-0.39, 0.29) is 11.9 Å². The number of amides is 1. The number of nitrogens with one attached hydrogen (secondary N) is 1. The highest BCUT2D eigenvalue weighted by molar-refractivity contribution is 7.88. The number of sulfonamides is 1. The average Bonchev–Trinajstić information content (AvgIpc) is 2.61. The number of rotatable bonds is 3. The minimum atomic E-state index is -3.33. The van der Waals surface area contributed by atoms with Crippen LogP contribution in [0.2, 0.25) is 5.02 Å². The molecule has 0 unspecified atom stereocenters. The third-order valence-corrected chi connectivity index (χ3v) is 6.11. The van der Waals surface area contributed by atoms with Gasteiger partial charge in [0, 0.05) is 29.4 Å². The van der Waals surface area contributed by atoms with E-state index in [0.717, 1.165) is 54.3 Å². The fourth-order valence-electron chi connectivity index (χ4n) is 4.00. The van der Waals surface area contributed by atoms with Crippen molar-refractivity contribution in [3.05, 3.63) is 57.9 Å². The van der Waals surface area contributed by atoms with Gasteiger partial charge in [-0.3, -0.25) is 9.78 Å². The Bertz CT molecular complexity index is 1020. The molecule has 6 nitrogen and oxygen atoms in total. The lowest BCUT2D eigenvalue weighted by atomic mass is 9.88. The number of benzene rings is 1. The van der Waals surface area contributed by atoms with Crippen LogP contribution in [0.3, 0.4) is 0 Å². The standard InChI is InChI=1S/C19H20ClN3O3S/c1-27(25,26)22-17-4-2-3-15-16(17)10-21-11-18(15)23-8-7-12-9-13(20)5-6-14(12)19(23)24/h5-6,9-11,17,22H,2-4,7-8H2,1H3/t17-/m1/s1. The summed E-state index contributed by atoms with van der Waals surface area (Å²) in [7, 11) is -3.33. The maximum atomic E-state index is 13.1. The first-order chi connectivity index (χ1) is 12.8. The normalized spacial score (nSPS) is 19.6. The average molecular weight is 406 g/mol. The zero-order valence-electron chi connectivity index (χ0n) is 14.9. The first-order valence-corrected chi connectivity index (χ1v) is 11.1. The Labute approximate surface area is 163 Å². The Kier molecular flexibility index (Phi) is 4.70. The number of aromatic nitrogens is 1. The number of carbonyl (C=O) groups excluding carboxylic acids is 1. The van der Waals surface area contributed by atoms with Crippen molar-refractivity contribution in [2.75, 3.05) is 17.7 Å². The van der Waals surface area contributed by atoms with E-state index in [1.54, 1.807) is 29.4 Å². The first-order valence-electron chi connectivity index (χ1n) is 8.88. The summed E-state index contributed by atoms with van der Waals surface area (Å²) in [4.78, 5) is 19.1. The summed E-state index contributed by atoms with van der Waals surface area (Å²) in [6, 6.07) is 5.04. The van der Waals surface area contributed by atoms with Crippen LogP contribution in [0.15, 0.2) is 30.6 Å². The molecular weight excluding hydrogens is 386 g/mol. The van der Waals surface area contributed by atoms with Crippen LogP contribution in [-0.2, 0) is 22.9 Å². The van der Waals surface area contributed by atoms with Crippen molar-refractivity contribution in [1.82, 2.24) is 9.71 Å². The van der Waals surface area contributed by atoms with Crippen LogP contribution in [0, 0.1) is 0 Å². The Morgan fingerprint density at radius 3 is 2.85 bits per heavy atom. The molecular formula is C19H20ClN3O3S. The van der Waals surface area contributed by atoms with Crippen LogP contribution in [0.1, 0.15) is 45.9 Å². The number of carbonyl (C=O) groups is 1. The van der Waals surface area contributed by atoms with Crippen molar-refractivity contribution in [3.8, 4) is 0 Å². The van der Waals surface area contributed by atoms with Gasteiger partial charge in [-0.05, 0) is 60.6 Å². The Morgan fingerprint density at radius 2 is 2.07 bits per heavy atom. The van der Waals surface area contributed by atoms with E-state index in [1.165, 1.54) is 0 Å². The van der Waals surface area contributed by atoms with Crippen molar-refractivity contribution >= 4 is 33.2 Å². The van der Waals surface area contributed by atoms with Gasteiger partial charge in [0.05, 0.1) is 18.1 Å². The highest BCUT2D eigenvalue weighted by atomic mass is 35.5. The Hall–Kier alpha value is -1.96. The summed E-state index contributed by atoms with van der Waals surface area (Å²) in [5.74, 6) is -0.0682. The molecule has 8 heteroatoms.